The van der Waals surface area contributed by atoms with Crippen molar-refractivity contribution in [2.24, 2.45) is 5.92 Å². The maximum atomic E-state index is 2.43. The number of allylic oxidation sites excluding steroid dienone is 4. The van der Waals surface area contributed by atoms with Crippen LogP contribution in [0.5, 0.6) is 0 Å². The van der Waals surface area contributed by atoms with E-state index in [1.165, 1.54) is 71.6 Å². The molecular formula is C43H32N2. The first-order valence-electron chi connectivity index (χ1n) is 15.8. The van der Waals surface area contributed by atoms with Crippen molar-refractivity contribution >= 4 is 49.2 Å². The Morgan fingerprint density at radius 1 is 0.467 bits per heavy atom. The third-order valence-corrected chi connectivity index (χ3v) is 9.45. The van der Waals surface area contributed by atoms with Gasteiger partial charge in [0.2, 0.25) is 0 Å². The second-order valence-corrected chi connectivity index (χ2v) is 12.3. The molecule has 2 heterocycles. The second kappa shape index (κ2) is 10.2. The molecule has 2 nitrogen and oxygen atoms in total. The van der Waals surface area contributed by atoms with Crippen molar-refractivity contribution in [3.05, 3.63) is 163 Å². The van der Waals surface area contributed by atoms with Crippen molar-refractivity contribution in [1.29, 1.82) is 0 Å². The Kier molecular flexibility index (Phi) is 5.89. The first kappa shape index (κ1) is 25.9. The van der Waals surface area contributed by atoms with E-state index < -0.39 is 0 Å². The maximum absolute atomic E-state index is 2.43. The largest absolute Gasteiger partial charge is 0.309 e. The lowest BCUT2D eigenvalue weighted by molar-refractivity contribution is 0.739. The summed E-state index contributed by atoms with van der Waals surface area (Å²) in [5.41, 5.74) is 12.3. The molecule has 0 aliphatic heterocycles. The van der Waals surface area contributed by atoms with Crippen LogP contribution < -0.4 is 0 Å². The molecule has 1 atom stereocenters. The lowest BCUT2D eigenvalue weighted by atomic mass is 9.92. The molecule has 0 amide bonds. The number of fused-ring (bicyclic) bond motifs is 6. The molecule has 0 fully saturated rings. The summed E-state index contributed by atoms with van der Waals surface area (Å²) in [5.74, 6) is 0.614. The predicted octanol–water partition coefficient (Wildman–Crippen LogP) is 11.5. The Bertz CT molecular complexity index is 2450. The number of nitrogens with zero attached hydrogens (tertiary/aromatic N) is 2. The monoisotopic (exact) mass is 576 g/mol. The van der Waals surface area contributed by atoms with Crippen molar-refractivity contribution in [3.63, 3.8) is 0 Å². The average molecular weight is 577 g/mol. The van der Waals surface area contributed by atoms with Crippen LogP contribution in [0.2, 0.25) is 0 Å². The summed E-state index contributed by atoms with van der Waals surface area (Å²) in [6, 6.07) is 51.1. The standard InChI is InChI=1S/C43H32N2/c1-29-18-20-30(21-19-29)32-10-9-11-33(26-32)31-22-24-35(25-23-31)45-41-17-8-6-15-37(41)39-27-38-36-14-5-7-16-40(36)44(42(38)28-43(39)45)34-12-3-2-4-13-34/h2-18,20-29H,19H2,1H3. The van der Waals surface area contributed by atoms with Gasteiger partial charge in [-0.25, -0.2) is 0 Å². The predicted molar refractivity (Wildman–Crippen MR) is 191 cm³/mol. The summed E-state index contributed by atoms with van der Waals surface area (Å²) in [6.07, 6.45) is 8.05. The topological polar surface area (TPSA) is 9.86 Å². The summed E-state index contributed by atoms with van der Waals surface area (Å²) in [5, 5.41) is 5.09. The fourth-order valence-corrected chi connectivity index (χ4v) is 7.19. The van der Waals surface area contributed by atoms with E-state index in [0.717, 1.165) is 12.1 Å². The molecule has 0 saturated heterocycles. The van der Waals surface area contributed by atoms with Crippen molar-refractivity contribution in [2.45, 2.75) is 13.3 Å². The van der Waals surface area contributed by atoms with E-state index in [1.807, 2.05) is 0 Å². The summed E-state index contributed by atoms with van der Waals surface area (Å²) >= 11 is 0. The third kappa shape index (κ3) is 4.17. The van der Waals surface area contributed by atoms with E-state index >= 15 is 0 Å². The zero-order chi connectivity index (χ0) is 29.9. The summed E-state index contributed by atoms with van der Waals surface area (Å²) in [4.78, 5) is 0. The van der Waals surface area contributed by atoms with E-state index in [1.54, 1.807) is 0 Å². The molecule has 214 valence electrons. The fraction of sp³-hybridized carbons (Fsp3) is 0.0698. The number of aromatic nitrogens is 2. The van der Waals surface area contributed by atoms with Crippen LogP contribution in [0.3, 0.4) is 0 Å². The van der Waals surface area contributed by atoms with Gasteiger partial charge in [-0.05, 0) is 89.2 Å². The minimum absolute atomic E-state index is 0.614. The van der Waals surface area contributed by atoms with Crippen LogP contribution in [-0.2, 0) is 0 Å². The van der Waals surface area contributed by atoms with Gasteiger partial charge in [0.1, 0.15) is 0 Å². The van der Waals surface area contributed by atoms with E-state index in [4.69, 9.17) is 0 Å². The minimum Gasteiger partial charge on any atom is -0.309 e. The lowest BCUT2D eigenvalue weighted by Gasteiger charge is -2.13. The number of hydrogen-bond acceptors (Lipinski definition) is 0. The van der Waals surface area contributed by atoms with Gasteiger partial charge in [0.15, 0.2) is 0 Å². The molecule has 0 radical (unpaired) electrons. The van der Waals surface area contributed by atoms with Gasteiger partial charge in [0.05, 0.1) is 22.1 Å². The first-order chi connectivity index (χ1) is 22.2. The highest BCUT2D eigenvalue weighted by atomic mass is 15.0. The van der Waals surface area contributed by atoms with Crippen LogP contribution in [0.25, 0.3) is 71.7 Å². The molecule has 9 rings (SSSR count). The van der Waals surface area contributed by atoms with Crippen LogP contribution in [0.4, 0.5) is 0 Å². The average Bonchev–Trinajstić information content (AvgIpc) is 3.60. The Hall–Kier alpha value is -5.60. The van der Waals surface area contributed by atoms with Gasteiger partial charge in [-0.1, -0.05) is 110 Å². The van der Waals surface area contributed by atoms with E-state index in [0.29, 0.717) is 5.92 Å². The van der Waals surface area contributed by atoms with Gasteiger partial charge in [0, 0.05) is 32.9 Å². The highest BCUT2D eigenvalue weighted by molar-refractivity contribution is 6.19. The molecule has 0 saturated carbocycles. The molecule has 0 bridgehead atoms. The minimum atomic E-state index is 0.614. The highest BCUT2D eigenvalue weighted by Crippen LogP contribution is 2.40. The second-order valence-electron chi connectivity index (χ2n) is 12.3. The summed E-state index contributed by atoms with van der Waals surface area (Å²) < 4.78 is 4.83. The van der Waals surface area contributed by atoms with Crippen molar-refractivity contribution in [3.8, 4) is 22.5 Å². The van der Waals surface area contributed by atoms with E-state index in [9.17, 15) is 0 Å². The maximum Gasteiger partial charge on any atom is 0.0562 e. The molecule has 2 heteroatoms. The van der Waals surface area contributed by atoms with Crippen LogP contribution in [0.15, 0.2) is 158 Å². The van der Waals surface area contributed by atoms with E-state index in [-0.39, 0.29) is 0 Å². The molecule has 1 unspecified atom stereocenters. The molecule has 1 aliphatic rings. The van der Waals surface area contributed by atoms with Crippen LogP contribution in [0, 0.1) is 5.92 Å². The SMILES string of the molecule is CC1C=CC(c2cccc(-c3ccc(-n4c5ccccc5c5cc6c7ccccc7n(-c7ccccc7)c6cc54)cc3)c2)=CC1. The van der Waals surface area contributed by atoms with Crippen LogP contribution in [0.1, 0.15) is 18.9 Å². The van der Waals surface area contributed by atoms with Crippen molar-refractivity contribution in [2.75, 3.05) is 0 Å². The van der Waals surface area contributed by atoms with Gasteiger partial charge in [-0.2, -0.15) is 0 Å². The van der Waals surface area contributed by atoms with Gasteiger partial charge < -0.3 is 9.13 Å². The van der Waals surface area contributed by atoms with Gasteiger partial charge in [-0.3, -0.25) is 0 Å². The van der Waals surface area contributed by atoms with Gasteiger partial charge in [0.25, 0.3) is 0 Å². The number of benzene rings is 6. The molecule has 6 aromatic carbocycles. The fourth-order valence-electron chi connectivity index (χ4n) is 7.19. The molecule has 0 N–H and O–H groups in total. The van der Waals surface area contributed by atoms with E-state index in [2.05, 4.69) is 174 Å². The smallest absolute Gasteiger partial charge is 0.0562 e. The van der Waals surface area contributed by atoms with Gasteiger partial charge in [-0.15, -0.1) is 0 Å². The molecule has 1 aliphatic carbocycles. The Morgan fingerprint density at radius 2 is 1.07 bits per heavy atom. The zero-order valence-electron chi connectivity index (χ0n) is 25.2. The summed E-state index contributed by atoms with van der Waals surface area (Å²) in [6.45, 7) is 2.27. The number of para-hydroxylation sites is 3. The Morgan fingerprint density at radius 3 is 1.71 bits per heavy atom. The normalized spacial score (nSPS) is 15.0. The molecule has 45 heavy (non-hydrogen) atoms. The van der Waals surface area contributed by atoms with Crippen LogP contribution >= 0.6 is 0 Å². The number of rotatable bonds is 4. The zero-order valence-corrected chi connectivity index (χ0v) is 25.2. The number of hydrogen-bond donors (Lipinski definition) is 0. The molecule has 8 aromatic rings. The quantitative estimate of drug-likeness (QED) is 0.197. The lowest BCUT2D eigenvalue weighted by Crippen LogP contribution is -1.96. The van der Waals surface area contributed by atoms with Crippen molar-refractivity contribution < 1.29 is 0 Å². The molecular weight excluding hydrogens is 544 g/mol. The molecule has 0 spiro atoms. The Balaban J connectivity index is 1.22. The first-order valence-corrected chi connectivity index (χ1v) is 15.8. The molecule has 2 aromatic heterocycles. The highest BCUT2D eigenvalue weighted by Gasteiger charge is 2.18. The third-order valence-electron chi connectivity index (χ3n) is 9.45. The Labute approximate surface area is 262 Å². The van der Waals surface area contributed by atoms with Gasteiger partial charge >= 0.3 is 0 Å². The van der Waals surface area contributed by atoms with Crippen molar-refractivity contribution in [1.82, 2.24) is 9.13 Å². The summed E-state index contributed by atoms with van der Waals surface area (Å²) in [7, 11) is 0. The van der Waals surface area contributed by atoms with Crippen LogP contribution in [-0.4, -0.2) is 9.13 Å².